The van der Waals surface area contributed by atoms with E-state index in [-0.39, 0.29) is 39.7 Å². The molecule has 0 saturated heterocycles. The van der Waals surface area contributed by atoms with E-state index in [0.29, 0.717) is 11.1 Å². The average Bonchev–Trinajstić information content (AvgIpc) is 2.12. The smallest absolute Gasteiger partial charge is 0.125 e. The van der Waals surface area contributed by atoms with Gasteiger partial charge >= 0.3 is 0 Å². The van der Waals surface area contributed by atoms with Gasteiger partial charge in [0.15, 0.2) is 0 Å². The number of hydrogen-bond donors (Lipinski definition) is 2. The summed E-state index contributed by atoms with van der Waals surface area (Å²) in [6.45, 7) is 0. The summed E-state index contributed by atoms with van der Waals surface area (Å²) in [7, 11) is 0. The van der Waals surface area contributed by atoms with Gasteiger partial charge in [0.2, 0.25) is 0 Å². The maximum atomic E-state index is 9.40. The highest BCUT2D eigenvalue weighted by Gasteiger charge is 2.00. The van der Waals surface area contributed by atoms with Crippen molar-refractivity contribution in [2.24, 2.45) is 0 Å². The highest BCUT2D eigenvalue weighted by molar-refractivity contribution is 8.93. The number of aromatic hydroxyl groups is 1. The largest absolute Gasteiger partial charge is 0.507 e. The summed E-state index contributed by atoms with van der Waals surface area (Å²) >= 11 is 0. The van der Waals surface area contributed by atoms with E-state index in [1.165, 1.54) is 0 Å². The molecule has 0 atom stereocenters. The van der Waals surface area contributed by atoms with Gasteiger partial charge in [0.1, 0.15) is 5.75 Å². The second kappa shape index (κ2) is 5.17. The Balaban J connectivity index is 0.000000845. The van der Waals surface area contributed by atoms with Gasteiger partial charge in [-0.25, -0.2) is 0 Å². The molecule has 0 amide bonds. The maximum Gasteiger partial charge on any atom is 0.125 e. The first-order valence-electron chi connectivity index (χ1n) is 3.60. The fraction of sp³-hybridized carbons (Fsp3) is 0. The van der Waals surface area contributed by atoms with Crippen molar-refractivity contribution >= 4 is 50.4 Å². The summed E-state index contributed by atoms with van der Waals surface area (Å²) in [5.41, 5.74) is 6.34. The van der Waals surface area contributed by atoms with Crippen LogP contribution in [0, 0.1) is 0 Å². The summed E-state index contributed by atoms with van der Waals surface area (Å²) < 4.78 is 0. The molecule has 0 aliphatic heterocycles. The zero-order valence-electron chi connectivity index (χ0n) is 7.18. The van der Waals surface area contributed by atoms with Gasteiger partial charge in [-0.2, -0.15) is 0 Å². The minimum atomic E-state index is 0. The van der Waals surface area contributed by atoms with Gasteiger partial charge in [-0.15, -0.1) is 34.0 Å². The molecule has 0 unspecified atom stereocenters. The molecule has 0 spiro atoms. The minimum Gasteiger partial charge on any atom is -0.507 e. The standard InChI is InChI=1S/C9H8N2O.2BrH/c10-8-1-2-9(12)7-5-11-4-3-6(7)8;;/h1-5,12H,10H2;2*1H. The Morgan fingerprint density at radius 2 is 1.79 bits per heavy atom. The Hall–Kier alpha value is -0.810. The van der Waals surface area contributed by atoms with E-state index >= 15 is 0 Å². The molecule has 0 aliphatic carbocycles. The van der Waals surface area contributed by atoms with Crippen LogP contribution in [0.2, 0.25) is 0 Å². The summed E-state index contributed by atoms with van der Waals surface area (Å²) in [6, 6.07) is 5.03. The van der Waals surface area contributed by atoms with Gasteiger partial charge in [0.25, 0.3) is 0 Å². The van der Waals surface area contributed by atoms with E-state index in [1.807, 2.05) is 0 Å². The SMILES string of the molecule is Br.Br.Nc1ccc(O)c2cnccc12. The van der Waals surface area contributed by atoms with E-state index in [1.54, 1.807) is 30.6 Å². The first kappa shape index (κ1) is 13.2. The van der Waals surface area contributed by atoms with Crippen LogP contribution in [0.3, 0.4) is 0 Å². The number of aromatic nitrogens is 1. The Kier molecular flexibility index (Phi) is 4.87. The predicted octanol–water partition coefficient (Wildman–Crippen LogP) is 2.68. The van der Waals surface area contributed by atoms with Crippen LogP contribution in [0.15, 0.2) is 30.6 Å². The van der Waals surface area contributed by atoms with Crippen molar-refractivity contribution in [3.05, 3.63) is 30.6 Å². The lowest BCUT2D eigenvalue weighted by atomic mass is 10.1. The van der Waals surface area contributed by atoms with Crippen molar-refractivity contribution in [1.82, 2.24) is 4.98 Å². The number of benzene rings is 1. The molecule has 1 heterocycles. The van der Waals surface area contributed by atoms with Gasteiger partial charge < -0.3 is 10.8 Å². The topological polar surface area (TPSA) is 59.1 Å². The zero-order chi connectivity index (χ0) is 8.55. The molecular formula is C9H10Br2N2O. The van der Waals surface area contributed by atoms with Crippen LogP contribution >= 0.6 is 34.0 Å². The Morgan fingerprint density at radius 1 is 1.07 bits per heavy atom. The lowest BCUT2D eigenvalue weighted by Gasteiger charge is -2.01. The van der Waals surface area contributed by atoms with Gasteiger partial charge in [-0.05, 0) is 18.2 Å². The molecule has 0 bridgehead atoms. The van der Waals surface area contributed by atoms with Crippen molar-refractivity contribution < 1.29 is 5.11 Å². The van der Waals surface area contributed by atoms with Crippen molar-refractivity contribution in [2.45, 2.75) is 0 Å². The van der Waals surface area contributed by atoms with Crippen LogP contribution in [-0.2, 0) is 0 Å². The molecule has 1 aromatic heterocycles. The number of nitrogens with zero attached hydrogens (tertiary/aromatic N) is 1. The summed E-state index contributed by atoms with van der Waals surface area (Å²) in [4.78, 5) is 3.90. The molecule has 1 aromatic carbocycles. The van der Waals surface area contributed by atoms with E-state index < -0.39 is 0 Å². The van der Waals surface area contributed by atoms with Crippen LogP contribution in [0.4, 0.5) is 5.69 Å². The molecule has 76 valence electrons. The predicted molar refractivity (Wildman–Crippen MR) is 68.5 cm³/mol. The third kappa shape index (κ3) is 2.16. The zero-order valence-corrected chi connectivity index (χ0v) is 10.6. The van der Waals surface area contributed by atoms with Crippen LogP contribution in [0.5, 0.6) is 5.75 Å². The third-order valence-corrected chi connectivity index (χ3v) is 1.83. The summed E-state index contributed by atoms with van der Waals surface area (Å²) in [6.07, 6.45) is 3.25. The van der Waals surface area contributed by atoms with Gasteiger partial charge in [-0.3, -0.25) is 4.98 Å². The first-order chi connectivity index (χ1) is 5.79. The number of nitrogens with two attached hydrogens (primary N) is 1. The summed E-state index contributed by atoms with van der Waals surface area (Å²) in [5.74, 6) is 0.215. The van der Waals surface area contributed by atoms with E-state index in [0.717, 1.165) is 5.39 Å². The molecule has 0 aliphatic rings. The average molecular weight is 322 g/mol. The number of phenols is 1. The lowest BCUT2D eigenvalue weighted by Crippen LogP contribution is -1.86. The molecule has 0 fully saturated rings. The number of nitrogen functional groups attached to an aromatic ring is 1. The molecule has 3 N–H and O–H groups in total. The van der Waals surface area contributed by atoms with Crippen molar-refractivity contribution in [1.29, 1.82) is 0 Å². The minimum absolute atomic E-state index is 0. The fourth-order valence-corrected chi connectivity index (χ4v) is 1.20. The van der Waals surface area contributed by atoms with Crippen molar-refractivity contribution in [2.75, 3.05) is 5.73 Å². The monoisotopic (exact) mass is 320 g/mol. The van der Waals surface area contributed by atoms with Crippen molar-refractivity contribution in [3.63, 3.8) is 0 Å². The van der Waals surface area contributed by atoms with E-state index in [4.69, 9.17) is 5.73 Å². The summed E-state index contributed by atoms with van der Waals surface area (Å²) in [5, 5.41) is 10.9. The number of fused-ring (bicyclic) bond motifs is 1. The molecule has 14 heavy (non-hydrogen) atoms. The molecule has 5 heteroatoms. The number of halogens is 2. The van der Waals surface area contributed by atoms with Crippen molar-refractivity contribution in [3.8, 4) is 5.75 Å². The van der Waals surface area contributed by atoms with Gasteiger partial charge in [0.05, 0.1) is 0 Å². The molecule has 2 aromatic rings. The normalized spacial score (nSPS) is 8.86. The lowest BCUT2D eigenvalue weighted by molar-refractivity contribution is 0.481. The van der Waals surface area contributed by atoms with Crippen LogP contribution in [0.1, 0.15) is 0 Å². The number of anilines is 1. The fourth-order valence-electron chi connectivity index (χ4n) is 1.20. The van der Waals surface area contributed by atoms with Gasteiger partial charge in [-0.1, -0.05) is 0 Å². The highest BCUT2D eigenvalue weighted by Crippen LogP contribution is 2.27. The second-order valence-corrected chi connectivity index (χ2v) is 2.60. The molecular weight excluding hydrogens is 312 g/mol. The molecule has 2 rings (SSSR count). The number of rotatable bonds is 0. The molecule has 0 radical (unpaired) electrons. The van der Waals surface area contributed by atoms with E-state index in [9.17, 15) is 5.11 Å². The Morgan fingerprint density at radius 3 is 2.43 bits per heavy atom. The van der Waals surface area contributed by atoms with E-state index in [2.05, 4.69) is 4.98 Å². The number of phenolic OH excluding ortho intramolecular Hbond substituents is 1. The molecule has 3 nitrogen and oxygen atoms in total. The van der Waals surface area contributed by atoms with Crippen LogP contribution in [-0.4, -0.2) is 10.1 Å². The highest BCUT2D eigenvalue weighted by atomic mass is 79.9. The number of pyridine rings is 1. The quantitative estimate of drug-likeness (QED) is 0.579. The van der Waals surface area contributed by atoms with Crippen LogP contribution in [0.25, 0.3) is 10.8 Å². The number of hydrogen-bond acceptors (Lipinski definition) is 3. The Labute approximate surface area is 102 Å². The van der Waals surface area contributed by atoms with Crippen LogP contribution < -0.4 is 5.73 Å². The van der Waals surface area contributed by atoms with Gasteiger partial charge in [0, 0.05) is 28.9 Å². The third-order valence-electron chi connectivity index (χ3n) is 1.83. The maximum absolute atomic E-state index is 9.40. The first-order valence-corrected chi connectivity index (χ1v) is 3.60. The molecule has 0 saturated carbocycles. The second-order valence-electron chi connectivity index (χ2n) is 2.60. The Bertz CT molecular complexity index is 394.